The highest BCUT2D eigenvalue weighted by atomic mass is 16.6. The summed E-state index contributed by atoms with van der Waals surface area (Å²) >= 11 is 0. The first kappa shape index (κ1) is 21.2. The minimum Gasteiger partial charge on any atom is -0.464 e. The van der Waals surface area contributed by atoms with Crippen molar-refractivity contribution in [3.05, 3.63) is 143 Å². The number of fused-ring (bicyclic) bond motifs is 1. The second-order valence-electron chi connectivity index (χ2n) is 8.17. The van der Waals surface area contributed by atoms with Crippen LogP contribution in [0.1, 0.15) is 34.7 Å². The van der Waals surface area contributed by atoms with Crippen LogP contribution in [0, 0.1) is 0 Å². The molecular weight excluding hydrogens is 408 g/mol. The van der Waals surface area contributed by atoms with Gasteiger partial charge in [-0.1, -0.05) is 115 Å². The van der Waals surface area contributed by atoms with Crippen molar-refractivity contribution in [2.45, 2.75) is 17.9 Å². The van der Waals surface area contributed by atoms with E-state index >= 15 is 0 Å². The number of carbonyl (C=O) groups excluding carboxylic acids is 1. The predicted molar refractivity (Wildman–Crippen MR) is 129 cm³/mol. The molecule has 1 aliphatic rings. The quantitative estimate of drug-likeness (QED) is 0.342. The first-order valence-electron chi connectivity index (χ1n) is 11.3. The summed E-state index contributed by atoms with van der Waals surface area (Å²) in [5.41, 5.74) is 3.93. The first-order chi connectivity index (χ1) is 16.2. The molecule has 0 radical (unpaired) electrons. The van der Waals surface area contributed by atoms with Crippen LogP contribution in [0.4, 0.5) is 0 Å². The number of hydrogen-bond donors (Lipinski definition) is 0. The van der Waals surface area contributed by atoms with Crippen LogP contribution in [-0.4, -0.2) is 19.2 Å². The summed E-state index contributed by atoms with van der Waals surface area (Å²) in [5.74, 6) is -0.368. The molecule has 0 amide bonds. The molecule has 164 valence electrons. The molecule has 0 saturated carbocycles. The Kier molecular flexibility index (Phi) is 5.57. The molecule has 4 aromatic carbocycles. The van der Waals surface area contributed by atoms with Crippen molar-refractivity contribution in [2.75, 3.05) is 13.2 Å². The third kappa shape index (κ3) is 3.12. The van der Waals surface area contributed by atoms with E-state index in [1.54, 1.807) is 0 Å². The van der Waals surface area contributed by atoms with Crippen molar-refractivity contribution < 1.29 is 14.3 Å². The molecule has 4 aromatic rings. The Labute approximate surface area is 194 Å². The summed E-state index contributed by atoms with van der Waals surface area (Å²) in [5, 5.41) is 0. The molecule has 33 heavy (non-hydrogen) atoms. The lowest BCUT2D eigenvalue weighted by Crippen LogP contribution is -2.62. The van der Waals surface area contributed by atoms with Gasteiger partial charge in [0.2, 0.25) is 0 Å². The van der Waals surface area contributed by atoms with E-state index < -0.39 is 11.0 Å². The first-order valence-corrected chi connectivity index (χ1v) is 11.3. The summed E-state index contributed by atoms with van der Waals surface area (Å²) < 4.78 is 12.0. The molecule has 1 aliphatic carbocycles. The van der Waals surface area contributed by atoms with E-state index in [0.29, 0.717) is 6.61 Å². The van der Waals surface area contributed by atoms with E-state index in [9.17, 15) is 4.79 Å². The average molecular weight is 435 g/mol. The molecule has 0 saturated heterocycles. The van der Waals surface area contributed by atoms with Crippen molar-refractivity contribution in [1.29, 1.82) is 0 Å². The van der Waals surface area contributed by atoms with Crippen molar-refractivity contribution in [3.8, 4) is 0 Å². The van der Waals surface area contributed by atoms with Crippen molar-refractivity contribution in [1.82, 2.24) is 0 Å². The molecule has 1 unspecified atom stereocenters. The monoisotopic (exact) mass is 434 g/mol. The second-order valence-corrected chi connectivity index (χ2v) is 8.17. The Morgan fingerprint density at radius 1 is 0.636 bits per heavy atom. The van der Waals surface area contributed by atoms with Crippen LogP contribution in [0.3, 0.4) is 0 Å². The lowest BCUT2D eigenvalue weighted by Gasteiger charge is -2.60. The maximum absolute atomic E-state index is 12.5. The van der Waals surface area contributed by atoms with Crippen LogP contribution in [0.25, 0.3) is 0 Å². The molecule has 0 spiro atoms. The van der Waals surface area contributed by atoms with Crippen LogP contribution in [0.2, 0.25) is 0 Å². The fourth-order valence-corrected chi connectivity index (χ4v) is 5.39. The molecule has 3 heteroatoms. The van der Waals surface area contributed by atoms with E-state index in [-0.39, 0.29) is 12.6 Å². The molecule has 0 fully saturated rings. The zero-order chi connectivity index (χ0) is 22.7. The summed E-state index contributed by atoms with van der Waals surface area (Å²) in [6.07, 6.45) is 0. The number of carbonyl (C=O) groups is 1. The Morgan fingerprint density at radius 2 is 1.09 bits per heavy atom. The standard InChI is InChI=1S/C30H26O3/c1-2-32-28(31)22-33-30(25-18-10-5-11-19-25)27-21-13-12-20-26(27)29(30,23-14-6-3-7-15-23)24-16-8-4-9-17-24/h3-21H,2,22H2,1H3. The van der Waals surface area contributed by atoms with Gasteiger partial charge in [0, 0.05) is 0 Å². The maximum atomic E-state index is 12.5. The van der Waals surface area contributed by atoms with Crippen LogP contribution in [-0.2, 0) is 25.3 Å². The number of esters is 1. The lowest BCUT2D eigenvalue weighted by molar-refractivity contribution is -0.159. The van der Waals surface area contributed by atoms with Gasteiger partial charge in [0.25, 0.3) is 0 Å². The average Bonchev–Trinajstić information content (AvgIpc) is 2.87. The van der Waals surface area contributed by atoms with Gasteiger partial charge in [-0.15, -0.1) is 0 Å². The molecular formula is C30H26O3. The molecule has 1 atom stereocenters. The van der Waals surface area contributed by atoms with Gasteiger partial charge in [0.1, 0.15) is 12.2 Å². The molecule has 0 aliphatic heterocycles. The SMILES string of the molecule is CCOC(=O)COC1(c2ccccc2)c2ccccc2C1(c1ccccc1)c1ccccc1. The Hall–Kier alpha value is -3.69. The molecule has 0 N–H and O–H groups in total. The van der Waals surface area contributed by atoms with Crippen LogP contribution >= 0.6 is 0 Å². The van der Waals surface area contributed by atoms with Gasteiger partial charge in [0.15, 0.2) is 0 Å². The number of benzene rings is 4. The normalized spacial score (nSPS) is 18.1. The zero-order valence-electron chi connectivity index (χ0n) is 18.6. The zero-order valence-corrected chi connectivity index (χ0v) is 18.6. The van der Waals surface area contributed by atoms with Gasteiger partial charge in [-0.25, -0.2) is 4.79 Å². The number of ether oxygens (including phenoxy) is 2. The third-order valence-corrected chi connectivity index (χ3v) is 6.54. The molecule has 5 rings (SSSR count). The maximum Gasteiger partial charge on any atom is 0.332 e. The number of rotatable bonds is 7. The minimum absolute atomic E-state index is 0.140. The second kappa shape index (κ2) is 8.68. The van der Waals surface area contributed by atoms with Gasteiger partial charge in [-0.3, -0.25) is 0 Å². The summed E-state index contributed by atoms with van der Waals surface area (Å²) in [6, 6.07) is 39.5. The van der Waals surface area contributed by atoms with Gasteiger partial charge < -0.3 is 9.47 Å². The summed E-state index contributed by atoms with van der Waals surface area (Å²) in [4.78, 5) is 12.5. The lowest BCUT2D eigenvalue weighted by atomic mass is 9.46. The van der Waals surface area contributed by atoms with E-state index in [4.69, 9.17) is 9.47 Å². The molecule has 0 aromatic heterocycles. The van der Waals surface area contributed by atoms with E-state index in [0.717, 1.165) is 22.3 Å². The summed E-state index contributed by atoms with van der Waals surface area (Å²) in [6.45, 7) is 1.99. The highest BCUT2D eigenvalue weighted by Gasteiger charge is 2.66. The predicted octanol–water partition coefficient (Wildman–Crippen LogP) is 5.86. The fraction of sp³-hybridized carbons (Fsp3) is 0.167. The molecule has 0 heterocycles. The molecule has 0 bridgehead atoms. The topological polar surface area (TPSA) is 35.5 Å². The summed E-state index contributed by atoms with van der Waals surface area (Å²) in [7, 11) is 0. The van der Waals surface area contributed by atoms with Crippen molar-refractivity contribution >= 4 is 5.97 Å². The van der Waals surface area contributed by atoms with E-state index in [1.165, 1.54) is 5.56 Å². The Bertz CT molecular complexity index is 1200. The fourth-order valence-electron chi connectivity index (χ4n) is 5.39. The Morgan fingerprint density at radius 3 is 1.61 bits per heavy atom. The van der Waals surface area contributed by atoms with Gasteiger partial charge in [0.05, 0.1) is 12.0 Å². The highest BCUT2D eigenvalue weighted by Crippen LogP contribution is 2.66. The van der Waals surface area contributed by atoms with Crippen LogP contribution in [0.5, 0.6) is 0 Å². The van der Waals surface area contributed by atoms with Gasteiger partial charge in [-0.2, -0.15) is 0 Å². The van der Waals surface area contributed by atoms with Gasteiger partial charge >= 0.3 is 5.97 Å². The van der Waals surface area contributed by atoms with Crippen molar-refractivity contribution in [2.24, 2.45) is 0 Å². The minimum atomic E-state index is -0.902. The highest BCUT2D eigenvalue weighted by molar-refractivity contribution is 5.73. The number of hydrogen-bond acceptors (Lipinski definition) is 3. The van der Waals surface area contributed by atoms with Crippen LogP contribution < -0.4 is 0 Å². The third-order valence-electron chi connectivity index (χ3n) is 6.54. The van der Waals surface area contributed by atoms with E-state index in [2.05, 4.69) is 78.9 Å². The van der Waals surface area contributed by atoms with E-state index in [1.807, 2.05) is 43.3 Å². The molecule has 3 nitrogen and oxygen atoms in total. The smallest absolute Gasteiger partial charge is 0.332 e. The van der Waals surface area contributed by atoms with Crippen LogP contribution in [0.15, 0.2) is 115 Å². The van der Waals surface area contributed by atoms with Gasteiger partial charge in [-0.05, 0) is 34.7 Å². The Balaban J connectivity index is 1.85. The van der Waals surface area contributed by atoms with Crippen molar-refractivity contribution in [3.63, 3.8) is 0 Å². The largest absolute Gasteiger partial charge is 0.464 e.